The summed E-state index contributed by atoms with van der Waals surface area (Å²) in [5.74, 6) is 1.83. The van der Waals surface area contributed by atoms with Crippen molar-refractivity contribution in [3.63, 3.8) is 0 Å². The number of rotatable bonds is 7. The highest BCUT2D eigenvalue weighted by Gasteiger charge is 2.23. The summed E-state index contributed by atoms with van der Waals surface area (Å²) in [5.41, 5.74) is 2.05. The monoisotopic (exact) mass is 467 g/mol. The molecule has 0 saturated heterocycles. The second-order valence-corrected chi connectivity index (χ2v) is 8.49. The molecule has 2 heterocycles. The average molecular weight is 468 g/mol. The molecule has 34 heavy (non-hydrogen) atoms. The number of hydrogen-bond donors (Lipinski definition) is 0. The van der Waals surface area contributed by atoms with Gasteiger partial charge in [0.15, 0.2) is 5.13 Å². The Labute approximate surface area is 201 Å². The molecule has 0 saturated carbocycles. The van der Waals surface area contributed by atoms with Gasteiger partial charge in [0.05, 0.1) is 29.6 Å². The lowest BCUT2D eigenvalue weighted by Crippen LogP contribution is -2.30. The van der Waals surface area contributed by atoms with E-state index < -0.39 is 0 Å². The van der Waals surface area contributed by atoms with Gasteiger partial charge in [0, 0.05) is 17.8 Å². The van der Waals surface area contributed by atoms with Crippen LogP contribution in [-0.4, -0.2) is 23.0 Å². The summed E-state index contributed by atoms with van der Waals surface area (Å²) >= 11 is 1.45. The molecule has 2 aromatic heterocycles. The van der Waals surface area contributed by atoms with Crippen LogP contribution in [0.1, 0.15) is 16.1 Å². The Bertz CT molecular complexity index is 1420. The van der Waals surface area contributed by atoms with E-state index in [4.69, 9.17) is 14.5 Å². The molecule has 0 bridgehead atoms. The van der Waals surface area contributed by atoms with Crippen LogP contribution >= 0.6 is 11.3 Å². The van der Waals surface area contributed by atoms with Crippen molar-refractivity contribution in [2.45, 2.75) is 6.54 Å². The Morgan fingerprint density at radius 3 is 2.50 bits per heavy atom. The van der Waals surface area contributed by atoms with Gasteiger partial charge in [-0.2, -0.15) is 0 Å². The van der Waals surface area contributed by atoms with Gasteiger partial charge in [-0.15, -0.1) is 0 Å². The normalized spacial score (nSPS) is 10.7. The van der Waals surface area contributed by atoms with Crippen LogP contribution in [0.15, 0.2) is 97.2 Å². The second kappa shape index (κ2) is 9.72. The number of pyridine rings is 1. The summed E-state index contributed by atoms with van der Waals surface area (Å²) in [4.78, 5) is 24.5. The SMILES string of the molecule is COc1ccc2sc(N(Cc3ccccn3)C(=O)c3cccc(Oc4ccccc4)c3)nc2c1. The standard InChI is InChI=1S/C27H21N3O3S/c1-32-22-13-14-25-24(17-22)29-27(34-25)30(18-20-9-5-6-15-28-20)26(31)19-8-7-12-23(16-19)33-21-10-3-2-4-11-21/h2-17H,18H2,1H3. The predicted octanol–water partition coefficient (Wildman–Crippen LogP) is 6.34. The Morgan fingerprint density at radius 2 is 1.71 bits per heavy atom. The number of para-hydroxylation sites is 1. The molecule has 0 aliphatic heterocycles. The molecule has 0 radical (unpaired) electrons. The summed E-state index contributed by atoms with van der Waals surface area (Å²) < 4.78 is 12.2. The van der Waals surface area contributed by atoms with Gasteiger partial charge in [-0.1, -0.05) is 41.7 Å². The minimum absolute atomic E-state index is 0.185. The summed E-state index contributed by atoms with van der Waals surface area (Å²) in [5, 5.41) is 0.591. The lowest BCUT2D eigenvalue weighted by molar-refractivity contribution is 0.0984. The number of benzene rings is 3. The third-order valence-electron chi connectivity index (χ3n) is 5.17. The van der Waals surface area contributed by atoms with E-state index in [1.54, 1.807) is 30.3 Å². The third-order valence-corrected chi connectivity index (χ3v) is 6.23. The Balaban J connectivity index is 1.50. The second-order valence-electron chi connectivity index (χ2n) is 7.49. The van der Waals surface area contributed by atoms with Crippen molar-refractivity contribution in [2.24, 2.45) is 0 Å². The summed E-state index contributed by atoms with van der Waals surface area (Å²) in [6.07, 6.45) is 1.72. The lowest BCUT2D eigenvalue weighted by atomic mass is 10.2. The first-order valence-corrected chi connectivity index (χ1v) is 11.5. The molecule has 6 nitrogen and oxygen atoms in total. The number of carbonyl (C=O) groups is 1. The summed E-state index contributed by atoms with van der Waals surface area (Å²) in [6.45, 7) is 0.292. The fourth-order valence-electron chi connectivity index (χ4n) is 3.49. The van der Waals surface area contributed by atoms with E-state index in [2.05, 4.69) is 4.98 Å². The molecular formula is C27H21N3O3S. The number of carbonyl (C=O) groups excluding carboxylic acids is 1. The van der Waals surface area contributed by atoms with Gasteiger partial charge >= 0.3 is 0 Å². The highest BCUT2D eigenvalue weighted by molar-refractivity contribution is 7.22. The predicted molar refractivity (Wildman–Crippen MR) is 134 cm³/mol. The van der Waals surface area contributed by atoms with Gasteiger partial charge in [0.25, 0.3) is 5.91 Å². The molecule has 3 aromatic carbocycles. The van der Waals surface area contributed by atoms with Gasteiger partial charge < -0.3 is 9.47 Å². The first-order chi connectivity index (χ1) is 16.7. The number of hydrogen-bond acceptors (Lipinski definition) is 6. The van der Waals surface area contributed by atoms with Gasteiger partial charge in [-0.05, 0) is 54.6 Å². The molecule has 1 amide bonds. The van der Waals surface area contributed by atoms with E-state index in [-0.39, 0.29) is 5.91 Å². The fourth-order valence-corrected chi connectivity index (χ4v) is 4.43. The summed E-state index contributed by atoms with van der Waals surface area (Å²) in [6, 6.07) is 28.0. The zero-order chi connectivity index (χ0) is 23.3. The number of anilines is 1. The van der Waals surface area contributed by atoms with E-state index in [9.17, 15) is 4.79 Å². The van der Waals surface area contributed by atoms with Crippen molar-refractivity contribution >= 4 is 32.6 Å². The number of methoxy groups -OCH3 is 1. The molecule has 168 valence electrons. The number of aromatic nitrogens is 2. The highest BCUT2D eigenvalue weighted by atomic mass is 32.1. The molecule has 5 rings (SSSR count). The number of ether oxygens (including phenoxy) is 2. The summed E-state index contributed by atoms with van der Waals surface area (Å²) in [7, 11) is 1.62. The van der Waals surface area contributed by atoms with E-state index >= 15 is 0 Å². The van der Waals surface area contributed by atoms with Crippen molar-refractivity contribution in [1.82, 2.24) is 9.97 Å². The Hall–Kier alpha value is -4.23. The lowest BCUT2D eigenvalue weighted by Gasteiger charge is -2.20. The van der Waals surface area contributed by atoms with Gasteiger partial charge in [-0.25, -0.2) is 4.98 Å². The zero-order valence-electron chi connectivity index (χ0n) is 18.4. The van der Waals surface area contributed by atoms with Crippen molar-refractivity contribution in [1.29, 1.82) is 0 Å². The highest BCUT2D eigenvalue weighted by Crippen LogP contribution is 2.33. The number of thiazole rings is 1. The minimum Gasteiger partial charge on any atom is -0.497 e. The fraction of sp³-hybridized carbons (Fsp3) is 0.0741. The molecule has 0 fully saturated rings. The van der Waals surface area contributed by atoms with Gasteiger partial charge in [0.2, 0.25) is 0 Å². The van der Waals surface area contributed by atoms with Crippen LogP contribution in [-0.2, 0) is 6.54 Å². The van der Waals surface area contributed by atoms with Crippen LogP contribution < -0.4 is 14.4 Å². The molecule has 0 aliphatic rings. The topological polar surface area (TPSA) is 64.5 Å². The maximum Gasteiger partial charge on any atom is 0.260 e. The quantitative estimate of drug-likeness (QED) is 0.279. The van der Waals surface area contributed by atoms with Crippen molar-refractivity contribution in [2.75, 3.05) is 12.0 Å². The van der Waals surface area contributed by atoms with Crippen LogP contribution in [0.5, 0.6) is 17.2 Å². The number of nitrogens with zero attached hydrogens (tertiary/aromatic N) is 3. The molecule has 0 N–H and O–H groups in total. The molecule has 5 aromatic rings. The first kappa shape index (κ1) is 21.6. The van der Waals surface area contributed by atoms with Gasteiger partial charge in [0.1, 0.15) is 17.2 Å². The molecule has 0 atom stereocenters. The van der Waals surface area contributed by atoms with Crippen molar-refractivity contribution in [3.05, 3.63) is 108 Å². The Morgan fingerprint density at radius 1 is 0.882 bits per heavy atom. The minimum atomic E-state index is -0.185. The molecule has 7 heteroatoms. The van der Waals surface area contributed by atoms with Gasteiger partial charge in [-0.3, -0.25) is 14.7 Å². The van der Waals surface area contributed by atoms with E-state index in [1.165, 1.54) is 11.3 Å². The largest absolute Gasteiger partial charge is 0.497 e. The van der Waals surface area contributed by atoms with E-state index in [0.717, 1.165) is 21.7 Å². The van der Waals surface area contributed by atoms with Crippen LogP contribution in [0, 0.1) is 0 Å². The smallest absolute Gasteiger partial charge is 0.260 e. The van der Waals surface area contributed by atoms with E-state index in [0.29, 0.717) is 28.7 Å². The van der Waals surface area contributed by atoms with Crippen LogP contribution in [0.4, 0.5) is 5.13 Å². The maximum atomic E-state index is 13.7. The van der Waals surface area contributed by atoms with Crippen LogP contribution in [0.3, 0.4) is 0 Å². The van der Waals surface area contributed by atoms with E-state index in [1.807, 2.05) is 78.9 Å². The number of amides is 1. The molecule has 0 spiro atoms. The van der Waals surface area contributed by atoms with Crippen LogP contribution in [0.25, 0.3) is 10.2 Å². The third kappa shape index (κ3) is 4.74. The first-order valence-electron chi connectivity index (χ1n) is 10.7. The molecular weight excluding hydrogens is 446 g/mol. The zero-order valence-corrected chi connectivity index (χ0v) is 19.2. The maximum absolute atomic E-state index is 13.7. The van der Waals surface area contributed by atoms with Crippen molar-refractivity contribution < 1.29 is 14.3 Å². The Kier molecular flexibility index (Phi) is 6.18. The average Bonchev–Trinajstić information content (AvgIpc) is 3.31. The van der Waals surface area contributed by atoms with Crippen LogP contribution in [0.2, 0.25) is 0 Å². The number of fused-ring (bicyclic) bond motifs is 1. The van der Waals surface area contributed by atoms with Crippen molar-refractivity contribution in [3.8, 4) is 17.2 Å². The molecule has 0 unspecified atom stereocenters. The molecule has 0 aliphatic carbocycles.